The summed E-state index contributed by atoms with van der Waals surface area (Å²) < 4.78 is 1.02. The molecule has 2 heterocycles. The van der Waals surface area contributed by atoms with Gasteiger partial charge < -0.3 is 0 Å². The second-order valence-corrected chi connectivity index (χ2v) is 4.63. The number of pyridine rings is 1. The van der Waals surface area contributed by atoms with E-state index in [1.807, 2.05) is 24.3 Å². The van der Waals surface area contributed by atoms with Crippen molar-refractivity contribution in [1.29, 1.82) is 0 Å². The number of hydrogen-bond acceptors (Lipinski definition) is 3. The standard InChI is InChI=1S/C11H5BrClN3/c12-8-1-2-9-6(4-8)3-7-5-14-11(13)16-10(7)15-9/h1-5H. The minimum Gasteiger partial charge on any atom is -0.228 e. The summed E-state index contributed by atoms with van der Waals surface area (Å²) in [6.07, 6.45) is 1.68. The largest absolute Gasteiger partial charge is 0.228 e. The summed E-state index contributed by atoms with van der Waals surface area (Å²) in [5, 5.41) is 2.15. The van der Waals surface area contributed by atoms with E-state index >= 15 is 0 Å². The van der Waals surface area contributed by atoms with Crippen LogP contribution in [0.15, 0.2) is 34.9 Å². The van der Waals surface area contributed by atoms with E-state index in [-0.39, 0.29) is 5.28 Å². The van der Waals surface area contributed by atoms with E-state index in [0.29, 0.717) is 5.65 Å². The van der Waals surface area contributed by atoms with Crippen molar-refractivity contribution in [3.05, 3.63) is 40.2 Å². The van der Waals surface area contributed by atoms with Crippen molar-refractivity contribution in [2.75, 3.05) is 0 Å². The van der Waals surface area contributed by atoms with Gasteiger partial charge in [-0.2, -0.15) is 4.98 Å². The molecule has 1 aromatic carbocycles. The van der Waals surface area contributed by atoms with Crippen LogP contribution in [0.1, 0.15) is 0 Å². The van der Waals surface area contributed by atoms with Gasteiger partial charge in [-0.25, -0.2) is 9.97 Å². The van der Waals surface area contributed by atoms with E-state index in [4.69, 9.17) is 11.6 Å². The first-order valence-electron chi connectivity index (χ1n) is 4.61. The molecular formula is C11H5BrClN3. The van der Waals surface area contributed by atoms with E-state index in [9.17, 15) is 0 Å². The van der Waals surface area contributed by atoms with Gasteiger partial charge in [-0.3, -0.25) is 0 Å². The lowest BCUT2D eigenvalue weighted by Crippen LogP contribution is -1.88. The van der Waals surface area contributed by atoms with E-state index in [1.54, 1.807) is 6.20 Å². The SMILES string of the molecule is Clc1ncc2cc3cc(Br)ccc3nc2n1. The summed E-state index contributed by atoms with van der Waals surface area (Å²) in [7, 11) is 0. The van der Waals surface area contributed by atoms with E-state index in [0.717, 1.165) is 20.8 Å². The molecule has 0 bridgehead atoms. The Kier molecular flexibility index (Phi) is 2.26. The zero-order chi connectivity index (χ0) is 11.1. The molecule has 0 radical (unpaired) electrons. The van der Waals surface area contributed by atoms with Crippen LogP contribution in [0.25, 0.3) is 21.9 Å². The molecule has 3 nitrogen and oxygen atoms in total. The quantitative estimate of drug-likeness (QED) is 0.470. The number of benzene rings is 1. The fourth-order valence-corrected chi connectivity index (χ4v) is 2.08. The van der Waals surface area contributed by atoms with Crippen molar-refractivity contribution in [1.82, 2.24) is 15.0 Å². The molecular weight excluding hydrogens is 289 g/mol. The average Bonchev–Trinajstić information content (AvgIpc) is 2.26. The van der Waals surface area contributed by atoms with Gasteiger partial charge >= 0.3 is 0 Å². The van der Waals surface area contributed by atoms with Crippen LogP contribution < -0.4 is 0 Å². The van der Waals surface area contributed by atoms with Crippen molar-refractivity contribution in [3.63, 3.8) is 0 Å². The number of fused-ring (bicyclic) bond motifs is 2. The summed E-state index contributed by atoms with van der Waals surface area (Å²) >= 11 is 9.15. The molecule has 2 aromatic heterocycles. The van der Waals surface area contributed by atoms with Crippen LogP contribution >= 0.6 is 27.5 Å². The zero-order valence-electron chi connectivity index (χ0n) is 7.98. The first kappa shape index (κ1) is 9.93. The Hall–Kier alpha value is -1.26. The fraction of sp³-hybridized carbons (Fsp3) is 0. The fourth-order valence-electron chi connectivity index (χ4n) is 1.58. The van der Waals surface area contributed by atoms with Crippen LogP contribution in [0.2, 0.25) is 5.28 Å². The Balaban J connectivity index is 2.44. The highest BCUT2D eigenvalue weighted by Gasteiger charge is 2.02. The summed E-state index contributed by atoms with van der Waals surface area (Å²) in [6.45, 7) is 0. The van der Waals surface area contributed by atoms with Gasteiger partial charge in [0.05, 0.1) is 5.52 Å². The summed E-state index contributed by atoms with van der Waals surface area (Å²) in [6, 6.07) is 7.90. The van der Waals surface area contributed by atoms with E-state index < -0.39 is 0 Å². The maximum Gasteiger partial charge on any atom is 0.224 e. The molecule has 0 saturated carbocycles. The summed E-state index contributed by atoms with van der Waals surface area (Å²) in [4.78, 5) is 12.4. The number of halogens is 2. The van der Waals surface area contributed by atoms with Gasteiger partial charge in [-0.1, -0.05) is 15.9 Å². The Bertz CT molecular complexity index is 638. The van der Waals surface area contributed by atoms with Gasteiger partial charge in [-0.15, -0.1) is 0 Å². The molecule has 0 unspecified atom stereocenters. The smallest absolute Gasteiger partial charge is 0.224 e. The Morgan fingerprint density at radius 3 is 2.81 bits per heavy atom. The minimum atomic E-state index is 0.219. The maximum atomic E-state index is 5.73. The van der Waals surface area contributed by atoms with Crippen LogP contribution in [-0.2, 0) is 0 Å². The van der Waals surface area contributed by atoms with Crippen molar-refractivity contribution in [2.24, 2.45) is 0 Å². The van der Waals surface area contributed by atoms with Gasteiger partial charge in [0.15, 0.2) is 5.65 Å². The van der Waals surface area contributed by atoms with Crippen LogP contribution in [0.5, 0.6) is 0 Å². The van der Waals surface area contributed by atoms with Crippen LogP contribution in [-0.4, -0.2) is 15.0 Å². The van der Waals surface area contributed by atoms with Gasteiger partial charge in [-0.05, 0) is 35.9 Å². The number of aromatic nitrogens is 3. The van der Waals surface area contributed by atoms with Gasteiger partial charge in [0.25, 0.3) is 0 Å². The molecule has 0 saturated heterocycles. The third-order valence-electron chi connectivity index (χ3n) is 2.29. The molecule has 0 aliphatic heterocycles. The van der Waals surface area contributed by atoms with Crippen molar-refractivity contribution < 1.29 is 0 Å². The highest BCUT2D eigenvalue weighted by molar-refractivity contribution is 9.10. The zero-order valence-corrected chi connectivity index (χ0v) is 10.3. The number of rotatable bonds is 0. The topological polar surface area (TPSA) is 38.7 Å². The van der Waals surface area contributed by atoms with Crippen LogP contribution in [0, 0.1) is 0 Å². The Labute approximate surface area is 105 Å². The lowest BCUT2D eigenvalue weighted by Gasteiger charge is -2.01. The molecule has 0 N–H and O–H groups in total. The highest BCUT2D eigenvalue weighted by atomic mass is 79.9. The first-order chi connectivity index (χ1) is 7.72. The second kappa shape index (κ2) is 3.64. The number of nitrogens with zero attached hydrogens (tertiary/aromatic N) is 3. The molecule has 0 spiro atoms. The number of hydrogen-bond donors (Lipinski definition) is 0. The van der Waals surface area contributed by atoms with Crippen LogP contribution in [0.4, 0.5) is 0 Å². The molecule has 0 fully saturated rings. The molecule has 0 aliphatic rings. The lowest BCUT2D eigenvalue weighted by atomic mass is 10.2. The predicted molar refractivity (Wildman–Crippen MR) is 67.5 cm³/mol. The van der Waals surface area contributed by atoms with E-state index in [2.05, 4.69) is 30.9 Å². The van der Waals surface area contributed by atoms with Crippen molar-refractivity contribution in [3.8, 4) is 0 Å². The summed E-state index contributed by atoms with van der Waals surface area (Å²) in [5.41, 5.74) is 1.51. The highest BCUT2D eigenvalue weighted by Crippen LogP contribution is 2.22. The summed E-state index contributed by atoms with van der Waals surface area (Å²) in [5.74, 6) is 0. The molecule has 78 valence electrons. The van der Waals surface area contributed by atoms with Gasteiger partial charge in [0, 0.05) is 21.4 Å². The molecule has 0 atom stereocenters. The first-order valence-corrected chi connectivity index (χ1v) is 5.78. The maximum absolute atomic E-state index is 5.73. The third-order valence-corrected chi connectivity index (χ3v) is 2.97. The van der Waals surface area contributed by atoms with Crippen molar-refractivity contribution in [2.45, 2.75) is 0 Å². The molecule has 3 aromatic rings. The lowest BCUT2D eigenvalue weighted by molar-refractivity contribution is 1.19. The predicted octanol–water partition coefficient (Wildman–Crippen LogP) is 3.59. The normalized spacial score (nSPS) is 11.1. The molecule has 3 rings (SSSR count). The second-order valence-electron chi connectivity index (χ2n) is 3.38. The average molecular weight is 295 g/mol. The van der Waals surface area contributed by atoms with Crippen molar-refractivity contribution >= 4 is 49.5 Å². The van der Waals surface area contributed by atoms with Crippen LogP contribution in [0.3, 0.4) is 0 Å². The Morgan fingerprint density at radius 1 is 1.06 bits per heavy atom. The third kappa shape index (κ3) is 1.64. The molecule has 5 heteroatoms. The van der Waals surface area contributed by atoms with E-state index in [1.165, 1.54) is 0 Å². The monoisotopic (exact) mass is 293 g/mol. The van der Waals surface area contributed by atoms with Gasteiger partial charge in [0.2, 0.25) is 5.28 Å². The molecule has 16 heavy (non-hydrogen) atoms. The Morgan fingerprint density at radius 2 is 1.94 bits per heavy atom. The minimum absolute atomic E-state index is 0.219. The molecule has 0 aliphatic carbocycles. The van der Waals surface area contributed by atoms with Gasteiger partial charge in [0.1, 0.15) is 0 Å². The molecule has 0 amide bonds.